The molecule has 0 spiro atoms. The molecule has 0 unspecified atom stereocenters. The Morgan fingerprint density at radius 1 is 1.12 bits per heavy atom. The van der Waals surface area contributed by atoms with Gasteiger partial charge >= 0.3 is 0 Å². The van der Waals surface area contributed by atoms with E-state index in [-0.39, 0.29) is 11.3 Å². The van der Waals surface area contributed by atoms with Crippen LogP contribution >= 0.6 is 11.3 Å². The predicted octanol–water partition coefficient (Wildman–Crippen LogP) is 5.58. The number of nitrogens with zero attached hydrogens (tertiary/aromatic N) is 3. The molecule has 7 heteroatoms. The fourth-order valence-electron chi connectivity index (χ4n) is 4.02. The molecular weight excluding hydrogens is 446 g/mol. The number of hydrogen-bond acceptors (Lipinski definition) is 6. The van der Waals surface area contributed by atoms with Crippen molar-refractivity contribution in [2.24, 2.45) is 0 Å². The lowest BCUT2D eigenvalue weighted by Gasteiger charge is -2.21. The highest BCUT2D eigenvalue weighted by Gasteiger charge is 2.24. The van der Waals surface area contributed by atoms with Gasteiger partial charge in [-0.1, -0.05) is 32.9 Å². The molecule has 0 saturated carbocycles. The second-order valence-electron chi connectivity index (χ2n) is 10.1. The van der Waals surface area contributed by atoms with E-state index in [1.807, 2.05) is 36.9 Å². The molecule has 2 aromatic heterocycles. The van der Waals surface area contributed by atoms with Gasteiger partial charge < -0.3 is 14.1 Å². The van der Waals surface area contributed by atoms with E-state index < -0.39 is 0 Å². The third-order valence-corrected chi connectivity index (χ3v) is 7.36. The summed E-state index contributed by atoms with van der Waals surface area (Å²) in [4.78, 5) is 22.2. The Bertz CT molecular complexity index is 1130. The van der Waals surface area contributed by atoms with Crippen LogP contribution in [0.5, 0.6) is 5.75 Å². The molecule has 1 fully saturated rings. The van der Waals surface area contributed by atoms with Gasteiger partial charge in [-0.3, -0.25) is 9.69 Å². The minimum atomic E-state index is -0.0523. The standard InChI is InChI=1S/C27H35N3O3S/c1-19-7-8-20(2)24(15-19)32-17-22-9-10-23(33-22)25(31)30-12-6-11-29(13-14-30)16-21-18-34-26(28-21)27(3,4)5/h7-10,15,18H,6,11-14,16-17H2,1-5H3. The number of ether oxygens (including phenoxy) is 1. The first kappa shape index (κ1) is 24.5. The smallest absolute Gasteiger partial charge is 0.289 e. The molecule has 3 aromatic rings. The van der Waals surface area contributed by atoms with Crippen LogP contribution < -0.4 is 4.74 Å². The van der Waals surface area contributed by atoms with Gasteiger partial charge in [-0.2, -0.15) is 0 Å². The summed E-state index contributed by atoms with van der Waals surface area (Å²) in [6.07, 6.45) is 0.936. The number of carbonyl (C=O) groups is 1. The number of benzene rings is 1. The molecule has 1 aliphatic rings. The summed E-state index contributed by atoms with van der Waals surface area (Å²) in [5.74, 6) is 1.82. The normalized spacial score (nSPS) is 15.4. The average molecular weight is 482 g/mol. The number of aryl methyl sites for hydroxylation is 2. The Morgan fingerprint density at radius 2 is 1.94 bits per heavy atom. The summed E-state index contributed by atoms with van der Waals surface area (Å²) in [5, 5.41) is 3.34. The van der Waals surface area contributed by atoms with Crippen molar-refractivity contribution in [2.75, 3.05) is 26.2 Å². The maximum atomic E-state index is 13.1. The Morgan fingerprint density at radius 3 is 2.71 bits per heavy atom. The molecule has 0 bridgehead atoms. The molecule has 6 nitrogen and oxygen atoms in total. The summed E-state index contributed by atoms with van der Waals surface area (Å²) in [6.45, 7) is 15.0. The molecule has 0 N–H and O–H groups in total. The van der Waals surface area contributed by atoms with Crippen molar-refractivity contribution in [1.29, 1.82) is 0 Å². The first-order valence-electron chi connectivity index (χ1n) is 11.9. The van der Waals surface area contributed by atoms with E-state index in [9.17, 15) is 4.79 Å². The van der Waals surface area contributed by atoms with Crippen LogP contribution in [0.3, 0.4) is 0 Å². The highest BCUT2D eigenvalue weighted by molar-refractivity contribution is 7.09. The summed E-state index contributed by atoms with van der Waals surface area (Å²) >= 11 is 1.73. The third-order valence-electron chi connectivity index (χ3n) is 6.04. The van der Waals surface area contributed by atoms with Crippen LogP contribution in [0.2, 0.25) is 0 Å². The number of rotatable bonds is 6. The van der Waals surface area contributed by atoms with Crippen molar-refractivity contribution in [1.82, 2.24) is 14.8 Å². The molecule has 34 heavy (non-hydrogen) atoms. The summed E-state index contributed by atoms with van der Waals surface area (Å²) in [6, 6.07) is 9.72. The predicted molar refractivity (Wildman–Crippen MR) is 136 cm³/mol. The molecule has 0 radical (unpaired) electrons. The van der Waals surface area contributed by atoms with E-state index in [1.165, 1.54) is 5.01 Å². The molecule has 182 valence electrons. The second-order valence-corrected chi connectivity index (χ2v) is 11.0. The number of thiazole rings is 1. The van der Waals surface area contributed by atoms with Crippen LogP contribution in [-0.4, -0.2) is 46.9 Å². The van der Waals surface area contributed by atoms with Gasteiger partial charge in [0.1, 0.15) is 18.1 Å². The number of amides is 1. The van der Waals surface area contributed by atoms with Gasteiger partial charge in [-0.05, 0) is 49.6 Å². The first-order valence-corrected chi connectivity index (χ1v) is 12.8. The van der Waals surface area contributed by atoms with Crippen LogP contribution in [0.25, 0.3) is 0 Å². The Hall–Kier alpha value is -2.64. The van der Waals surface area contributed by atoms with E-state index >= 15 is 0 Å². The van der Waals surface area contributed by atoms with Crippen molar-refractivity contribution < 1.29 is 13.9 Å². The minimum absolute atomic E-state index is 0.0523. The molecular formula is C27H35N3O3S. The molecule has 3 heterocycles. The first-order chi connectivity index (χ1) is 16.2. The van der Waals surface area contributed by atoms with Gasteiger partial charge in [0.05, 0.1) is 10.7 Å². The zero-order valence-electron chi connectivity index (χ0n) is 20.9. The number of carbonyl (C=O) groups excluding carboxylic acids is 1. The van der Waals surface area contributed by atoms with Crippen molar-refractivity contribution >= 4 is 17.2 Å². The maximum Gasteiger partial charge on any atom is 0.289 e. The molecule has 0 atom stereocenters. The lowest BCUT2D eigenvalue weighted by molar-refractivity contribution is 0.0725. The van der Waals surface area contributed by atoms with E-state index in [0.717, 1.165) is 55.2 Å². The van der Waals surface area contributed by atoms with Crippen LogP contribution in [0.15, 0.2) is 40.1 Å². The Balaban J connectivity index is 1.31. The zero-order valence-corrected chi connectivity index (χ0v) is 21.7. The summed E-state index contributed by atoms with van der Waals surface area (Å²) < 4.78 is 11.8. The van der Waals surface area contributed by atoms with Crippen molar-refractivity contribution in [3.8, 4) is 5.75 Å². The maximum absolute atomic E-state index is 13.1. The molecule has 1 aromatic carbocycles. The fraction of sp³-hybridized carbons (Fsp3) is 0.481. The van der Waals surface area contributed by atoms with Crippen LogP contribution in [0, 0.1) is 13.8 Å². The molecule has 1 amide bonds. The molecule has 1 saturated heterocycles. The minimum Gasteiger partial charge on any atom is -0.485 e. The summed E-state index contributed by atoms with van der Waals surface area (Å²) in [5.41, 5.74) is 3.43. The summed E-state index contributed by atoms with van der Waals surface area (Å²) in [7, 11) is 0. The van der Waals surface area contributed by atoms with Gasteiger partial charge in [0.2, 0.25) is 0 Å². The largest absolute Gasteiger partial charge is 0.485 e. The van der Waals surface area contributed by atoms with Gasteiger partial charge in [0.25, 0.3) is 5.91 Å². The van der Waals surface area contributed by atoms with Gasteiger partial charge in [0, 0.05) is 43.5 Å². The van der Waals surface area contributed by atoms with E-state index in [4.69, 9.17) is 14.1 Å². The van der Waals surface area contributed by atoms with Gasteiger partial charge in [-0.15, -0.1) is 11.3 Å². The van der Waals surface area contributed by atoms with Crippen molar-refractivity contribution in [3.63, 3.8) is 0 Å². The van der Waals surface area contributed by atoms with Crippen LogP contribution in [0.4, 0.5) is 0 Å². The van der Waals surface area contributed by atoms with E-state index in [0.29, 0.717) is 24.7 Å². The second kappa shape index (κ2) is 10.3. The lowest BCUT2D eigenvalue weighted by Crippen LogP contribution is -2.35. The Labute approximate surface area is 206 Å². The van der Waals surface area contributed by atoms with Gasteiger partial charge in [0.15, 0.2) is 5.76 Å². The average Bonchev–Trinajstić information content (AvgIpc) is 3.40. The number of hydrogen-bond donors (Lipinski definition) is 0. The van der Waals surface area contributed by atoms with E-state index in [2.05, 4.69) is 37.1 Å². The quantitative estimate of drug-likeness (QED) is 0.460. The topological polar surface area (TPSA) is 58.8 Å². The molecule has 4 rings (SSSR count). The lowest BCUT2D eigenvalue weighted by atomic mass is 9.98. The SMILES string of the molecule is Cc1ccc(C)c(OCc2ccc(C(=O)N3CCCN(Cc4csc(C(C)(C)C)n4)CC3)o2)c1. The fourth-order valence-corrected chi connectivity index (χ4v) is 4.92. The molecule has 0 aliphatic carbocycles. The van der Waals surface area contributed by atoms with Crippen LogP contribution in [0.1, 0.15) is 65.3 Å². The number of aromatic nitrogens is 1. The van der Waals surface area contributed by atoms with Crippen molar-refractivity contribution in [3.05, 3.63) is 69.1 Å². The monoisotopic (exact) mass is 481 g/mol. The van der Waals surface area contributed by atoms with E-state index in [1.54, 1.807) is 17.4 Å². The van der Waals surface area contributed by atoms with Crippen molar-refractivity contribution in [2.45, 2.75) is 59.6 Å². The highest BCUT2D eigenvalue weighted by Crippen LogP contribution is 2.26. The van der Waals surface area contributed by atoms with Gasteiger partial charge in [-0.25, -0.2) is 4.98 Å². The van der Waals surface area contributed by atoms with Crippen LogP contribution in [-0.2, 0) is 18.6 Å². The zero-order chi connectivity index (χ0) is 24.3. The molecule has 1 aliphatic heterocycles. The Kier molecular flexibility index (Phi) is 7.43. The highest BCUT2D eigenvalue weighted by atomic mass is 32.1. The number of furan rings is 1. The third kappa shape index (κ3) is 6.07.